The maximum Gasteiger partial charge on any atom is 0.254 e. The van der Waals surface area contributed by atoms with Crippen molar-refractivity contribution < 1.29 is 14.7 Å². The van der Waals surface area contributed by atoms with Crippen LogP contribution in [-0.4, -0.2) is 46.4 Å². The van der Waals surface area contributed by atoms with Gasteiger partial charge >= 0.3 is 0 Å². The maximum atomic E-state index is 12.9. The first-order valence-electron chi connectivity index (χ1n) is 8.54. The van der Waals surface area contributed by atoms with Gasteiger partial charge in [-0.05, 0) is 29.2 Å². The van der Waals surface area contributed by atoms with Crippen LogP contribution >= 0.6 is 0 Å². The summed E-state index contributed by atoms with van der Waals surface area (Å²) in [4.78, 5) is 28.6. The van der Waals surface area contributed by atoms with Gasteiger partial charge in [0.05, 0.1) is 12.6 Å². The van der Waals surface area contributed by atoms with Crippen molar-refractivity contribution in [3.63, 3.8) is 0 Å². The van der Waals surface area contributed by atoms with Crippen molar-refractivity contribution in [3.05, 3.63) is 70.8 Å². The highest BCUT2D eigenvalue weighted by Gasteiger charge is 2.34. The quantitative estimate of drug-likeness (QED) is 0.929. The largest absolute Gasteiger partial charge is 0.394 e. The van der Waals surface area contributed by atoms with Gasteiger partial charge in [0.15, 0.2) is 0 Å². The Balaban J connectivity index is 1.52. The minimum atomic E-state index is -0.336. The average Bonchev–Trinajstić information content (AvgIpc) is 2.96. The van der Waals surface area contributed by atoms with Gasteiger partial charge in [-0.15, -0.1) is 0 Å². The lowest BCUT2D eigenvalue weighted by atomic mass is 9.93. The summed E-state index contributed by atoms with van der Waals surface area (Å²) in [5, 5.41) is 9.84. The summed E-state index contributed by atoms with van der Waals surface area (Å²) in [6.07, 6.45) is 0.770. The number of carbonyl (C=O) groups is 2. The van der Waals surface area contributed by atoms with Crippen LogP contribution in [0.5, 0.6) is 0 Å². The summed E-state index contributed by atoms with van der Waals surface area (Å²) in [6, 6.07) is 15.0. The van der Waals surface area contributed by atoms with E-state index in [1.807, 2.05) is 42.5 Å². The molecule has 25 heavy (non-hydrogen) atoms. The van der Waals surface area contributed by atoms with Gasteiger partial charge in [0.25, 0.3) is 5.91 Å². The molecule has 0 aromatic heterocycles. The second-order valence-electron chi connectivity index (χ2n) is 6.55. The van der Waals surface area contributed by atoms with E-state index >= 15 is 0 Å². The van der Waals surface area contributed by atoms with Crippen LogP contribution in [-0.2, 0) is 17.8 Å². The summed E-state index contributed by atoms with van der Waals surface area (Å²) in [6.45, 7) is 0.966. The van der Waals surface area contributed by atoms with Crippen LogP contribution in [0.2, 0.25) is 0 Å². The molecule has 5 nitrogen and oxygen atoms in total. The van der Waals surface area contributed by atoms with Crippen molar-refractivity contribution in [3.8, 4) is 0 Å². The number of aliphatic hydroxyl groups is 1. The Bertz CT molecular complexity index is 833. The Morgan fingerprint density at radius 3 is 2.56 bits per heavy atom. The predicted octanol–water partition coefficient (Wildman–Crippen LogP) is 1.76. The van der Waals surface area contributed by atoms with Crippen molar-refractivity contribution in [2.75, 3.05) is 19.7 Å². The van der Waals surface area contributed by atoms with Crippen LogP contribution in [0.3, 0.4) is 0 Å². The first-order chi connectivity index (χ1) is 12.2. The monoisotopic (exact) mass is 336 g/mol. The molecule has 1 atom stereocenters. The summed E-state index contributed by atoms with van der Waals surface area (Å²) >= 11 is 0. The number of amides is 2. The van der Waals surface area contributed by atoms with Gasteiger partial charge in [-0.25, -0.2) is 0 Å². The number of fused-ring (bicyclic) bond motifs is 2. The fourth-order valence-corrected chi connectivity index (χ4v) is 3.84. The molecule has 2 heterocycles. The highest BCUT2D eigenvalue weighted by atomic mass is 16.3. The van der Waals surface area contributed by atoms with Crippen LogP contribution in [0, 0.1) is 0 Å². The normalized spacial score (nSPS) is 18.9. The fraction of sp³-hybridized carbons (Fsp3) is 0.300. The Morgan fingerprint density at radius 1 is 1.08 bits per heavy atom. The molecule has 2 aliphatic heterocycles. The molecule has 2 aromatic carbocycles. The number of rotatable bonds is 3. The Hall–Kier alpha value is -2.66. The maximum absolute atomic E-state index is 12.9. The third-order valence-electron chi connectivity index (χ3n) is 5.13. The van der Waals surface area contributed by atoms with Crippen molar-refractivity contribution in [1.29, 1.82) is 0 Å². The molecule has 0 saturated heterocycles. The molecule has 4 rings (SSSR count). The topological polar surface area (TPSA) is 60.9 Å². The second kappa shape index (κ2) is 6.33. The predicted molar refractivity (Wildman–Crippen MR) is 92.9 cm³/mol. The SMILES string of the molecule is O=C1c2ccccc2CN1CC(=O)N1CCc2ccccc2C1CO. The number of hydrogen-bond donors (Lipinski definition) is 1. The molecule has 5 heteroatoms. The molecule has 2 aromatic rings. The third kappa shape index (κ3) is 2.70. The highest BCUT2D eigenvalue weighted by molar-refractivity contribution is 6.00. The Labute approximate surface area is 146 Å². The minimum absolute atomic E-state index is 0.0478. The molecule has 0 saturated carbocycles. The first-order valence-corrected chi connectivity index (χ1v) is 8.54. The van der Waals surface area contributed by atoms with Crippen LogP contribution in [0.25, 0.3) is 0 Å². The number of benzene rings is 2. The molecule has 0 spiro atoms. The lowest BCUT2D eigenvalue weighted by Crippen LogP contribution is -2.46. The molecule has 0 bridgehead atoms. The van der Waals surface area contributed by atoms with Crippen molar-refractivity contribution in [1.82, 2.24) is 9.80 Å². The first kappa shape index (κ1) is 15.8. The van der Waals surface area contributed by atoms with E-state index in [2.05, 4.69) is 0 Å². The molecule has 0 radical (unpaired) electrons. The molecular weight excluding hydrogens is 316 g/mol. The smallest absolute Gasteiger partial charge is 0.254 e. The summed E-state index contributed by atoms with van der Waals surface area (Å²) in [7, 11) is 0. The van der Waals surface area contributed by atoms with Gasteiger partial charge in [-0.3, -0.25) is 9.59 Å². The Kier molecular flexibility index (Phi) is 4.01. The molecule has 2 amide bonds. The zero-order chi connectivity index (χ0) is 17.4. The van der Waals surface area contributed by atoms with Crippen LogP contribution in [0.15, 0.2) is 48.5 Å². The molecular formula is C20H20N2O3. The third-order valence-corrected chi connectivity index (χ3v) is 5.13. The van der Waals surface area contributed by atoms with E-state index in [9.17, 15) is 14.7 Å². The van der Waals surface area contributed by atoms with Gasteiger partial charge in [0.1, 0.15) is 6.54 Å². The van der Waals surface area contributed by atoms with Crippen LogP contribution < -0.4 is 0 Å². The zero-order valence-electron chi connectivity index (χ0n) is 13.9. The minimum Gasteiger partial charge on any atom is -0.394 e. The van der Waals surface area contributed by atoms with E-state index in [0.717, 1.165) is 17.5 Å². The fourth-order valence-electron chi connectivity index (χ4n) is 3.84. The van der Waals surface area contributed by atoms with Gasteiger partial charge in [0, 0.05) is 18.7 Å². The van der Waals surface area contributed by atoms with Crippen LogP contribution in [0.4, 0.5) is 0 Å². The van der Waals surface area contributed by atoms with E-state index in [4.69, 9.17) is 0 Å². The average molecular weight is 336 g/mol. The number of aliphatic hydroxyl groups excluding tert-OH is 1. The van der Waals surface area contributed by atoms with Gasteiger partial charge in [-0.2, -0.15) is 0 Å². The van der Waals surface area contributed by atoms with E-state index in [1.165, 1.54) is 5.56 Å². The van der Waals surface area contributed by atoms with Crippen LogP contribution in [0.1, 0.15) is 33.1 Å². The molecule has 128 valence electrons. The summed E-state index contributed by atoms with van der Waals surface area (Å²) in [5.74, 6) is -0.211. The molecule has 0 fully saturated rings. The van der Waals surface area contributed by atoms with E-state index in [-0.39, 0.29) is 31.0 Å². The molecule has 2 aliphatic rings. The number of nitrogens with zero attached hydrogens (tertiary/aromatic N) is 2. The van der Waals surface area contributed by atoms with E-state index in [1.54, 1.807) is 15.9 Å². The summed E-state index contributed by atoms with van der Waals surface area (Å²) in [5.41, 5.74) is 3.82. The van der Waals surface area contributed by atoms with Gasteiger partial charge in [-0.1, -0.05) is 42.5 Å². The van der Waals surface area contributed by atoms with Crippen molar-refractivity contribution >= 4 is 11.8 Å². The van der Waals surface area contributed by atoms with E-state index < -0.39 is 0 Å². The highest BCUT2D eigenvalue weighted by Crippen LogP contribution is 2.30. The lowest BCUT2D eigenvalue weighted by molar-refractivity contribution is -0.135. The number of carbonyl (C=O) groups excluding carboxylic acids is 2. The Morgan fingerprint density at radius 2 is 1.80 bits per heavy atom. The molecule has 1 N–H and O–H groups in total. The van der Waals surface area contributed by atoms with E-state index in [0.29, 0.717) is 18.7 Å². The second-order valence-corrected chi connectivity index (χ2v) is 6.55. The zero-order valence-corrected chi connectivity index (χ0v) is 13.9. The van der Waals surface area contributed by atoms with Gasteiger partial charge < -0.3 is 14.9 Å². The lowest BCUT2D eigenvalue weighted by Gasteiger charge is -2.37. The standard InChI is InChI=1S/C20H20N2O3/c23-13-18-16-7-3-1-5-14(16)9-10-22(18)19(24)12-21-11-15-6-2-4-8-17(15)20(21)25/h1-8,18,23H,9-13H2. The van der Waals surface area contributed by atoms with Crippen molar-refractivity contribution in [2.24, 2.45) is 0 Å². The molecule has 1 unspecified atom stereocenters. The van der Waals surface area contributed by atoms with Crippen molar-refractivity contribution in [2.45, 2.75) is 19.0 Å². The van der Waals surface area contributed by atoms with Gasteiger partial charge in [0.2, 0.25) is 5.91 Å². The number of hydrogen-bond acceptors (Lipinski definition) is 3. The summed E-state index contributed by atoms with van der Waals surface area (Å²) < 4.78 is 0. The molecule has 0 aliphatic carbocycles.